The van der Waals surface area contributed by atoms with Gasteiger partial charge in [-0.15, -0.1) is 0 Å². The van der Waals surface area contributed by atoms with Crippen molar-refractivity contribution in [2.45, 2.75) is 20.3 Å². The highest BCUT2D eigenvalue weighted by Crippen LogP contribution is 2.17. The molecule has 2 heterocycles. The van der Waals surface area contributed by atoms with E-state index in [1.165, 1.54) is 39.1 Å². The summed E-state index contributed by atoms with van der Waals surface area (Å²) >= 11 is 0. The van der Waals surface area contributed by atoms with E-state index < -0.39 is 0 Å². The van der Waals surface area contributed by atoms with Crippen LogP contribution in [0.1, 0.15) is 20.3 Å². The number of β-amino-alcohol motifs (C(OH)–C–C–N with tert-alkyl or cyclic N) is 1. The Bertz CT molecular complexity index is 184. The molecule has 2 aliphatic heterocycles. The van der Waals surface area contributed by atoms with Crippen molar-refractivity contribution in [2.24, 2.45) is 5.92 Å². The average molecular weight is 243 g/mol. The van der Waals surface area contributed by atoms with Crippen LogP contribution in [0, 0.1) is 5.92 Å². The molecule has 0 amide bonds. The summed E-state index contributed by atoms with van der Waals surface area (Å²) in [4.78, 5) is 4.95. The molecule has 2 fully saturated rings. The van der Waals surface area contributed by atoms with E-state index in [0.29, 0.717) is 6.61 Å². The van der Waals surface area contributed by atoms with Gasteiger partial charge in [0.15, 0.2) is 0 Å². The van der Waals surface area contributed by atoms with E-state index in [9.17, 15) is 0 Å². The summed E-state index contributed by atoms with van der Waals surface area (Å²) in [6.07, 6.45) is 1.31. The maximum Gasteiger partial charge on any atom is 0.0558 e. The quantitative estimate of drug-likeness (QED) is 0.741. The molecule has 2 N–H and O–H groups in total. The van der Waals surface area contributed by atoms with Crippen molar-refractivity contribution in [3.8, 4) is 0 Å². The van der Waals surface area contributed by atoms with Gasteiger partial charge in [-0.05, 0) is 18.9 Å². The zero-order valence-electron chi connectivity index (χ0n) is 11.5. The summed E-state index contributed by atoms with van der Waals surface area (Å²) in [6, 6.07) is 0. The second kappa shape index (κ2) is 8.86. The molecule has 17 heavy (non-hydrogen) atoms. The van der Waals surface area contributed by atoms with Crippen molar-refractivity contribution >= 4 is 0 Å². The first-order valence-corrected chi connectivity index (χ1v) is 7.15. The Morgan fingerprint density at radius 2 is 1.82 bits per heavy atom. The number of hydrogen-bond acceptors (Lipinski definition) is 4. The number of hydrogen-bond donors (Lipinski definition) is 2. The van der Waals surface area contributed by atoms with Crippen LogP contribution < -0.4 is 5.32 Å². The standard InChI is InChI=1S/C11H23N3O.C2H6/c15-8-7-13-4-1-11(9-13)10-14-5-2-12-3-6-14;1-2/h11-12,15H,1-10H2;1-2H3/t11-;/m1./s1. The number of likely N-dealkylation sites (tertiary alicyclic amines) is 1. The van der Waals surface area contributed by atoms with Crippen LogP contribution in [0.4, 0.5) is 0 Å². The fourth-order valence-electron chi connectivity index (χ4n) is 2.67. The fourth-order valence-corrected chi connectivity index (χ4v) is 2.67. The van der Waals surface area contributed by atoms with E-state index in [-0.39, 0.29) is 0 Å². The number of nitrogens with one attached hydrogen (secondary N) is 1. The van der Waals surface area contributed by atoms with Crippen LogP contribution in [0.5, 0.6) is 0 Å². The van der Waals surface area contributed by atoms with E-state index in [1.807, 2.05) is 13.8 Å². The molecule has 0 aliphatic carbocycles. The van der Waals surface area contributed by atoms with Gasteiger partial charge in [0.1, 0.15) is 0 Å². The SMILES string of the molecule is CC.OCCN1CC[C@@H](CN2CCNCC2)C1. The molecule has 2 saturated heterocycles. The lowest BCUT2D eigenvalue weighted by Gasteiger charge is -2.29. The van der Waals surface area contributed by atoms with Gasteiger partial charge in [-0.25, -0.2) is 0 Å². The van der Waals surface area contributed by atoms with E-state index in [1.54, 1.807) is 0 Å². The van der Waals surface area contributed by atoms with Gasteiger partial charge in [0, 0.05) is 45.8 Å². The third-order valence-corrected chi connectivity index (χ3v) is 3.51. The second-order valence-corrected chi connectivity index (χ2v) is 4.73. The molecule has 0 spiro atoms. The highest BCUT2D eigenvalue weighted by Gasteiger charge is 2.24. The number of piperazine rings is 1. The van der Waals surface area contributed by atoms with Gasteiger partial charge in [-0.2, -0.15) is 0 Å². The fraction of sp³-hybridized carbons (Fsp3) is 1.00. The number of rotatable bonds is 4. The molecule has 0 aromatic carbocycles. The third-order valence-electron chi connectivity index (χ3n) is 3.51. The van der Waals surface area contributed by atoms with Crippen molar-refractivity contribution in [1.29, 1.82) is 0 Å². The Kier molecular flexibility index (Phi) is 7.77. The Morgan fingerprint density at radius 1 is 1.12 bits per heavy atom. The molecule has 0 aromatic heterocycles. The summed E-state index contributed by atoms with van der Waals surface area (Å²) in [7, 11) is 0. The average Bonchev–Trinajstić information content (AvgIpc) is 2.81. The summed E-state index contributed by atoms with van der Waals surface area (Å²) in [6.45, 7) is 13.5. The third kappa shape index (κ3) is 5.34. The van der Waals surface area contributed by atoms with Crippen LogP contribution in [0.25, 0.3) is 0 Å². The number of nitrogens with zero attached hydrogens (tertiary/aromatic N) is 2. The zero-order valence-corrected chi connectivity index (χ0v) is 11.5. The molecule has 0 radical (unpaired) electrons. The Balaban J connectivity index is 0.000000686. The predicted octanol–water partition coefficient (Wildman–Crippen LogP) is 0.232. The second-order valence-electron chi connectivity index (χ2n) is 4.73. The molecule has 0 aromatic rings. The van der Waals surface area contributed by atoms with Crippen LogP contribution in [0.2, 0.25) is 0 Å². The van der Waals surface area contributed by atoms with E-state index in [4.69, 9.17) is 5.11 Å². The van der Waals surface area contributed by atoms with Crippen molar-refractivity contribution in [3.05, 3.63) is 0 Å². The molecule has 102 valence electrons. The lowest BCUT2D eigenvalue weighted by molar-refractivity contribution is 0.191. The normalized spacial score (nSPS) is 26.6. The van der Waals surface area contributed by atoms with Gasteiger partial charge in [0.05, 0.1) is 6.61 Å². The van der Waals surface area contributed by atoms with Gasteiger partial charge in [-0.3, -0.25) is 0 Å². The molecule has 0 unspecified atom stereocenters. The van der Waals surface area contributed by atoms with Gasteiger partial charge in [0.2, 0.25) is 0 Å². The molecular formula is C13H29N3O. The van der Waals surface area contributed by atoms with Gasteiger partial charge >= 0.3 is 0 Å². The van der Waals surface area contributed by atoms with Gasteiger partial charge < -0.3 is 20.2 Å². The molecule has 4 nitrogen and oxygen atoms in total. The van der Waals surface area contributed by atoms with Gasteiger partial charge in [0.25, 0.3) is 0 Å². The topological polar surface area (TPSA) is 38.7 Å². The van der Waals surface area contributed by atoms with Crippen LogP contribution in [0.3, 0.4) is 0 Å². The molecule has 2 rings (SSSR count). The molecular weight excluding hydrogens is 214 g/mol. The Hall–Kier alpha value is -0.160. The number of aliphatic hydroxyl groups is 1. The van der Waals surface area contributed by atoms with Crippen molar-refractivity contribution in [1.82, 2.24) is 15.1 Å². The minimum atomic E-state index is 0.306. The van der Waals surface area contributed by atoms with E-state index in [2.05, 4.69) is 15.1 Å². The van der Waals surface area contributed by atoms with E-state index >= 15 is 0 Å². The van der Waals surface area contributed by atoms with E-state index in [0.717, 1.165) is 25.6 Å². The lowest BCUT2D eigenvalue weighted by atomic mass is 10.1. The summed E-state index contributed by atoms with van der Waals surface area (Å²) < 4.78 is 0. The smallest absolute Gasteiger partial charge is 0.0558 e. The first-order valence-electron chi connectivity index (χ1n) is 7.15. The monoisotopic (exact) mass is 243 g/mol. The Morgan fingerprint density at radius 3 is 2.47 bits per heavy atom. The van der Waals surface area contributed by atoms with Crippen LogP contribution >= 0.6 is 0 Å². The minimum Gasteiger partial charge on any atom is -0.395 e. The molecule has 0 bridgehead atoms. The van der Waals surface area contributed by atoms with Crippen molar-refractivity contribution in [3.63, 3.8) is 0 Å². The molecule has 2 aliphatic rings. The molecule has 4 heteroatoms. The first-order chi connectivity index (χ1) is 8.38. The summed E-state index contributed by atoms with van der Waals surface area (Å²) in [5.41, 5.74) is 0. The zero-order chi connectivity index (χ0) is 12.5. The maximum absolute atomic E-state index is 8.87. The maximum atomic E-state index is 8.87. The summed E-state index contributed by atoms with van der Waals surface area (Å²) in [5, 5.41) is 12.3. The highest BCUT2D eigenvalue weighted by atomic mass is 16.3. The van der Waals surface area contributed by atoms with Crippen LogP contribution in [0.15, 0.2) is 0 Å². The Labute approximate surface area is 106 Å². The predicted molar refractivity (Wildman–Crippen MR) is 72.3 cm³/mol. The van der Waals surface area contributed by atoms with Crippen molar-refractivity contribution < 1.29 is 5.11 Å². The van der Waals surface area contributed by atoms with Crippen LogP contribution in [-0.4, -0.2) is 73.9 Å². The highest BCUT2D eigenvalue weighted by molar-refractivity contribution is 4.79. The lowest BCUT2D eigenvalue weighted by Crippen LogP contribution is -2.45. The number of aliphatic hydroxyl groups excluding tert-OH is 1. The van der Waals surface area contributed by atoms with Crippen LogP contribution in [-0.2, 0) is 0 Å². The van der Waals surface area contributed by atoms with Crippen molar-refractivity contribution in [2.75, 3.05) is 59.0 Å². The first kappa shape index (κ1) is 14.9. The minimum absolute atomic E-state index is 0.306. The van der Waals surface area contributed by atoms with Gasteiger partial charge in [-0.1, -0.05) is 13.8 Å². The summed E-state index contributed by atoms with van der Waals surface area (Å²) in [5.74, 6) is 0.828. The molecule has 0 saturated carbocycles. The largest absolute Gasteiger partial charge is 0.395 e. The molecule has 1 atom stereocenters.